The molecule has 0 aromatic carbocycles. The van der Waals surface area contributed by atoms with Gasteiger partial charge in [0.05, 0.1) is 0 Å². The van der Waals surface area contributed by atoms with Gasteiger partial charge in [0.1, 0.15) is 0 Å². The Morgan fingerprint density at radius 2 is 1.87 bits per heavy atom. The lowest BCUT2D eigenvalue weighted by Gasteiger charge is -2.28. The van der Waals surface area contributed by atoms with E-state index in [2.05, 4.69) is 5.32 Å². The van der Waals surface area contributed by atoms with Crippen molar-refractivity contribution in [1.29, 1.82) is 0 Å². The molecule has 0 spiro atoms. The van der Waals surface area contributed by atoms with Crippen LogP contribution >= 0.6 is 11.6 Å². The summed E-state index contributed by atoms with van der Waals surface area (Å²) in [5, 5.41) is 3.03. The lowest BCUT2D eigenvalue weighted by Crippen LogP contribution is -2.42. The fourth-order valence-corrected chi connectivity index (χ4v) is 2.38. The molecule has 0 aromatic heterocycles. The van der Waals surface area contributed by atoms with Gasteiger partial charge in [0.15, 0.2) is 0 Å². The predicted octanol–water partition coefficient (Wildman–Crippen LogP) is 2.95. The number of nitrogens with one attached hydrogen (secondary N) is 1. The highest BCUT2D eigenvalue weighted by molar-refractivity contribution is 6.18. The maximum atomic E-state index is 11.7. The molecule has 0 unspecified atom stereocenters. The standard InChI is InChI=1S/C12H22ClNO/c1-11(2,3)10(15)14-9-12(8-13)6-4-5-7-12/h4-9H2,1-3H3,(H,14,15). The van der Waals surface area contributed by atoms with Crippen LogP contribution in [0, 0.1) is 10.8 Å². The van der Waals surface area contributed by atoms with Gasteiger partial charge in [0.25, 0.3) is 0 Å². The minimum Gasteiger partial charge on any atom is -0.355 e. The van der Waals surface area contributed by atoms with Crippen molar-refractivity contribution in [3.05, 3.63) is 0 Å². The van der Waals surface area contributed by atoms with Crippen LogP contribution in [-0.2, 0) is 4.79 Å². The molecule has 1 amide bonds. The largest absolute Gasteiger partial charge is 0.355 e. The number of rotatable bonds is 3. The van der Waals surface area contributed by atoms with Crippen molar-refractivity contribution >= 4 is 17.5 Å². The van der Waals surface area contributed by atoms with Crippen LogP contribution in [0.15, 0.2) is 0 Å². The van der Waals surface area contributed by atoms with E-state index < -0.39 is 0 Å². The monoisotopic (exact) mass is 231 g/mol. The van der Waals surface area contributed by atoms with Crippen molar-refractivity contribution < 1.29 is 4.79 Å². The van der Waals surface area contributed by atoms with Crippen molar-refractivity contribution in [3.8, 4) is 0 Å². The zero-order chi connectivity index (χ0) is 11.5. The number of carbonyl (C=O) groups is 1. The third-order valence-corrected chi connectivity index (χ3v) is 3.82. The van der Waals surface area contributed by atoms with Gasteiger partial charge in [-0.15, -0.1) is 11.6 Å². The highest BCUT2D eigenvalue weighted by Crippen LogP contribution is 2.38. The van der Waals surface area contributed by atoms with E-state index in [1.165, 1.54) is 12.8 Å². The Labute approximate surface area is 97.8 Å². The van der Waals surface area contributed by atoms with E-state index in [1.807, 2.05) is 20.8 Å². The van der Waals surface area contributed by atoms with Crippen LogP contribution in [0.5, 0.6) is 0 Å². The van der Waals surface area contributed by atoms with Crippen molar-refractivity contribution in [1.82, 2.24) is 5.32 Å². The van der Waals surface area contributed by atoms with E-state index in [0.717, 1.165) is 19.4 Å². The molecule has 2 nitrogen and oxygen atoms in total. The molecule has 1 rings (SSSR count). The molecule has 0 bridgehead atoms. The third kappa shape index (κ3) is 3.37. The Morgan fingerprint density at radius 1 is 1.33 bits per heavy atom. The highest BCUT2D eigenvalue weighted by atomic mass is 35.5. The molecule has 0 radical (unpaired) electrons. The first-order valence-electron chi connectivity index (χ1n) is 5.74. The first-order chi connectivity index (χ1) is 6.90. The molecule has 0 atom stereocenters. The van der Waals surface area contributed by atoms with Gasteiger partial charge in [-0.3, -0.25) is 4.79 Å². The summed E-state index contributed by atoms with van der Waals surface area (Å²) in [5.41, 5.74) is -0.130. The molecule has 3 heteroatoms. The van der Waals surface area contributed by atoms with Gasteiger partial charge in [0, 0.05) is 23.3 Å². The maximum absolute atomic E-state index is 11.7. The number of amides is 1. The normalized spacial score (nSPS) is 20.3. The van der Waals surface area contributed by atoms with Crippen molar-refractivity contribution in [2.24, 2.45) is 10.8 Å². The maximum Gasteiger partial charge on any atom is 0.225 e. The van der Waals surface area contributed by atoms with E-state index in [-0.39, 0.29) is 16.7 Å². The van der Waals surface area contributed by atoms with Crippen molar-refractivity contribution in [2.45, 2.75) is 46.5 Å². The van der Waals surface area contributed by atoms with Crippen LogP contribution < -0.4 is 5.32 Å². The van der Waals surface area contributed by atoms with Crippen molar-refractivity contribution in [2.75, 3.05) is 12.4 Å². The first kappa shape index (κ1) is 12.8. The number of hydrogen-bond donors (Lipinski definition) is 1. The van der Waals surface area contributed by atoms with E-state index in [4.69, 9.17) is 11.6 Å². The van der Waals surface area contributed by atoms with Gasteiger partial charge in [-0.25, -0.2) is 0 Å². The molecule has 1 aliphatic rings. The van der Waals surface area contributed by atoms with Crippen LogP contribution in [-0.4, -0.2) is 18.3 Å². The molecule has 0 aliphatic heterocycles. The SMILES string of the molecule is CC(C)(C)C(=O)NCC1(CCl)CCCC1. The van der Waals surface area contributed by atoms with E-state index in [9.17, 15) is 4.79 Å². The summed E-state index contributed by atoms with van der Waals surface area (Å²) in [4.78, 5) is 11.7. The quantitative estimate of drug-likeness (QED) is 0.744. The number of carbonyl (C=O) groups excluding carboxylic acids is 1. The Morgan fingerprint density at radius 3 is 2.27 bits per heavy atom. The van der Waals surface area contributed by atoms with E-state index in [1.54, 1.807) is 0 Å². The summed E-state index contributed by atoms with van der Waals surface area (Å²) < 4.78 is 0. The molecular weight excluding hydrogens is 210 g/mol. The first-order valence-corrected chi connectivity index (χ1v) is 6.27. The molecule has 15 heavy (non-hydrogen) atoms. The molecule has 1 aliphatic carbocycles. The topological polar surface area (TPSA) is 29.1 Å². The molecular formula is C12H22ClNO. The predicted molar refractivity (Wildman–Crippen MR) is 64.1 cm³/mol. The van der Waals surface area contributed by atoms with Crippen molar-refractivity contribution in [3.63, 3.8) is 0 Å². The molecule has 1 fully saturated rings. The van der Waals surface area contributed by atoms with Gasteiger partial charge in [-0.2, -0.15) is 0 Å². The molecule has 0 saturated heterocycles. The summed E-state index contributed by atoms with van der Waals surface area (Å²) in [5.74, 6) is 0.788. The zero-order valence-electron chi connectivity index (χ0n) is 10.0. The molecule has 1 N–H and O–H groups in total. The van der Waals surface area contributed by atoms with Crippen LogP contribution in [0.25, 0.3) is 0 Å². The lowest BCUT2D eigenvalue weighted by atomic mass is 9.87. The Balaban J connectivity index is 2.45. The Hall–Kier alpha value is -0.240. The summed E-state index contributed by atoms with van der Waals surface area (Å²) in [6.07, 6.45) is 4.80. The van der Waals surface area contributed by atoms with Crippen LogP contribution in [0.2, 0.25) is 0 Å². The van der Waals surface area contributed by atoms with Gasteiger partial charge in [-0.05, 0) is 12.8 Å². The van der Waals surface area contributed by atoms with Crippen LogP contribution in [0.3, 0.4) is 0 Å². The van der Waals surface area contributed by atoms with Gasteiger partial charge >= 0.3 is 0 Å². The van der Waals surface area contributed by atoms with Gasteiger partial charge < -0.3 is 5.32 Å². The van der Waals surface area contributed by atoms with Crippen LogP contribution in [0.1, 0.15) is 46.5 Å². The minimum absolute atomic E-state index is 0.124. The van der Waals surface area contributed by atoms with Gasteiger partial charge in [-0.1, -0.05) is 33.6 Å². The number of hydrogen-bond acceptors (Lipinski definition) is 1. The number of alkyl halides is 1. The van der Waals surface area contributed by atoms with Gasteiger partial charge in [0.2, 0.25) is 5.91 Å². The second-order valence-electron chi connectivity index (χ2n) is 5.77. The lowest BCUT2D eigenvalue weighted by molar-refractivity contribution is -0.128. The third-order valence-electron chi connectivity index (χ3n) is 3.25. The average Bonchev–Trinajstić information content (AvgIpc) is 2.62. The average molecular weight is 232 g/mol. The Kier molecular flexibility index (Phi) is 4.05. The van der Waals surface area contributed by atoms with E-state index in [0.29, 0.717) is 5.88 Å². The summed E-state index contributed by atoms with van der Waals surface area (Å²) in [6, 6.07) is 0. The fourth-order valence-electron chi connectivity index (χ4n) is 2.02. The van der Waals surface area contributed by atoms with Crippen LogP contribution in [0.4, 0.5) is 0 Å². The smallest absolute Gasteiger partial charge is 0.225 e. The van der Waals surface area contributed by atoms with E-state index >= 15 is 0 Å². The fraction of sp³-hybridized carbons (Fsp3) is 0.917. The minimum atomic E-state index is -0.299. The number of halogens is 1. The molecule has 88 valence electrons. The summed E-state index contributed by atoms with van der Waals surface area (Å²) in [7, 11) is 0. The molecule has 0 heterocycles. The second kappa shape index (κ2) is 4.73. The molecule has 1 saturated carbocycles. The zero-order valence-corrected chi connectivity index (χ0v) is 10.8. The summed E-state index contributed by atoms with van der Waals surface area (Å²) in [6.45, 7) is 6.55. The summed E-state index contributed by atoms with van der Waals surface area (Å²) >= 11 is 6.01. The highest BCUT2D eigenvalue weighted by Gasteiger charge is 2.34. The Bertz CT molecular complexity index is 226. The second-order valence-corrected chi connectivity index (χ2v) is 6.04. The molecule has 0 aromatic rings.